The zero-order chi connectivity index (χ0) is 13.3. The molecule has 18 heavy (non-hydrogen) atoms. The van der Waals surface area contributed by atoms with E-state index < -0.39 is 0 Å². The second-order valence-corrected chi connectivity index (χ2v) is 5.39. The predicted molar refractivity (Wildman–Crippen MR) is 73.3 cm³/mol. The highest BCUT2D eigenvalue weighted by Crippen LogP contribution is 2.22. The van der Waals surface area contributed by atoms with Crippen molar-refractivity contribution in [3.05, 3.63) is 29.8 Å². The van der Waals surface area contributed by atoms with Gasteiger partial charge in [0, 0.05) is 6.54 Å². The Hall–Kier alpha value is -1.09. The number of nitrogens with zero attached hydrogens (tertiary/aromatic N) is 2. The largest absolute Gasteiger partial charge is 0.327 e. The monoisotopic (exact) mass is 268 g/mol. The molecule has 0 radical (unpaired) electrons. The summed E-state index contributed by atoms with van der Waals surface area (Å²) in [6.45, 7) is 7.38. The number of benzene rings is 1. The van der Waals surface area contributed by atoms with Crippen molar-refractivity contribution < 1.29 is 4.39 Å². The zero-order valence-corrected chi connectivity index (χ0v) is 11.7. The van der Waals surface area contributed by atoms with Gasteiger partial charge in [0.05, 0.1) is 16.9 Å². The molecule has 1 unspecified atom stereocenters. The number of aromatic nitrogens is 2. The van der Waals surface area contributed by atoms with Gasteiger partial charge in [0.15, 0.2) is 0 Å². The molecule has 0 spiro atoms. The molecular weight excluding hydrogens is 251 g/mol. The van der Waals surface area contributed by atoms with Crippen LogP contribution in [0.2, 0.25) is 0 Å². The second kappa shape index (κ2) is 5.27. The van der Waals surface area contributed by atoms with Gasteiger partial charge in [0.2, 0.25) is 0 Å². The SMILES string of the molecule is CC(C)C(C)Cn1c(CCl)nc2ccc(F)cc21. The van der Waals surface area contributed by atoms with E-state index in [1.54, 1.807) is 6.07 Å². The van der Waals surface area contributed by atoms with Gasteiger partial charge in [-0.05, 0) is 30.0 Å². The highest BCUT2D eigenvalue weighted by atomic mass is 35.5. The standard InChI is InChI=1S/C14H18ClFN2/c1-9(2)10(3)8-18-13-6-11(16)4-5-12(13)17-14(18)7-15/h4-6,9-10H,7-8H2,1-3H3. The van der Waals surface area contributed by atoms with E-state index in [-0.39, 0.29) is 5.82 Å². The van der Waals surface area contributed by atoms with Crippen molar-refractivity contribution in [2.75, 3.05) is 0 Å². The van der Waals surface area contributed by atoms with Crippen molar-refractivity contribution >= 4 is 22.6 Å². The van der Waals surface area contributed by atoms with Gasteiger partial charge in [0.25, 0.3) is 0 Å². The van der Waals surface area contributed by atoms with Gasteiger partial charge >= 0.3 is 0 Å². The van der Waals surface area contributed by atoms with E-state index in [1.165, 1.54) is 12.1 Å². The molecule has 1 aromatic heterocycles. The van der Waals surface area contributed by atoms with Crippen molar-refractivity contribution in [3.63, 3.8) is 0 Å². The van der Waals surface area contributed by atoms with Gasteiger partial charge < -0.3 is 4.57 Å². The Morgan fingerprint density at radius 2 is 2.06 bits per heavy atom. The van der Waals surface area contributed by atoms with E-state index in [4.69, 9.17) is 11.6 Å². The summed E-state index contributed by atoms with van der Waals surface area (Å²) in [4.78, 5) is 4.45. The van der Waals surface area contributed by atoms with Crippen LogP contribution >= 0.6 is 11.6 Å². The number of fused-ring (bicyclic) bond motifs is 1. The Balaban J connectivity index is 2.48. The van der Waals surface area contributed by atoms with E-state index in [9.17, 15) is 4.39 Å². The first-order valence-corrected chi connectivity index (χ1v) is 6.77. The lowest BCUT2D eigenvalue weighted by Crippen LogP contribution is -2.14. The molecule has 1 aromatic carbocycles. The van der Waals surface area contributed by atoms with E-state index in [0.717, 1.165) is 23.4 Å². The lowest BCUT2D eigenvalue weighted by molar-refractivity contribution is 0.365. The van der Waals surface area contributed by atoms with Crippen LogP contribution < -0.4 is 0 Å². The van der Waals surface area contributed by atoms with Gasteiger partial charge in [-0.25, -0.2) is 9.37 Å². The molecule has 2 nitrogen and oxygen atoms in total. The van der Waals surface area contributed by atoms with Crippen molar-refractivity contribution in [2.45, 2.75) is 33.2 Å². The second-order valence-electron chi connectivity index (χ2n) is 5.13. The van der Waals surface area contributed by atoms with Crippen LogP contribution in [0.1, 0.15) is 26.6 Å². The summed E-state index contributed by atoms with van der Waals surface area (Å²) in [6, 6.07) is 4.67. The summed E-state index contributed by atoms with van der Waals surface area (Å²) in [5, 5.41) is 0. The summed E-state index contributed by atoms with van der Waals surface area (Å²) < 4.78 is 15.4. The summed E-state index contributed by atoms with van der Waals surface area (Å²) in [7, 11) is 0. The average Bonchev–Trinajstić information content (AvgIpc) is 2.67. The van der Waals surface area contributed by atoms with Crippen molar-refractivity contribution in [2.24, 2.45) is 11.8 Å². The Bertz CT molecular complexity index is 548. The molecule has 0 saturated carbocycles. The highest BCUT2D eigenvalue weighted by Gasteiger charge is 2.15. The third-order valence-electron chi connectivity index (χ3n) is 3.52. The fourth-order valence-electron chi connectivity index (χ4n) is 1.95. The maximum Gasteiger partial charge on any atom is 0.125 e. The van der Waals surface area contributed by atoms with Gasteiger partial charge in [-0.15, -0.1) is 11.6 Å². The summed E-state index contributed by atoms with van der Waals surface area (Å²) in [6.07, 6.45) is 0. The van der Waals surface area contributed by atoms with Crippen LogP contribution in [0, 0.1) is 17.7 Å². The molecule has 4 heteroatoms. The number of imidazole rings is 1. The molecule has 1 heterocycles. The van der Waals surface area contributed by atoms with Crippen LogP contribution in [0.15, 0.2) is 18.2 Å². The van der Waals surface area contributed by atoms with Crippen molar-refractivity contribution in [3.8, 4) is 0 Å². The fraction of sp³-hybridized carbons (Fsp3) is 0.500. The zero-order valence-electron chi connectivity index (χ0n) is 11.0. The lowest BCUT2D eigenvalue weighted by atomic mass is 9.98. The Labute approximate surface area is 112 Å². The highest BCUT2D eigenvalue weighted by molar-refractivity contribution is 6.16. The Morgan fingerprint density at radius 1 is 1.33 bits per heavy atom. The average molecular weight is 269 g/mol. The number of alkyl halides is 1. The minimum atomic E-state index is -0.234. The van der Waals surface area contributed by atoms with Crippen LogP contribution in [0.3, 0.4) is 0 Å². The Morgan fingerprint density at radius 3 is 2.67 bits per heavy atom. The Kier molecular flexibility index (Phi) is 3.91. The topological polar surface area (TPSA) is 17.8 Å². The van der Waals surface area contributed by atoms with Crippen molar-refractivity contribution in [1.82, 2.24) is 9.55 Å². The summed E-state index contributed by atoms with van der Waals surface area (Å²) in [5.74, 6) is 1.99. The summed E-state index contributed by atoms with van der Waals surface area (Å²) in [5.41, 5.74) is 1.64. The summed E-state index contributed by atoms with van der Waals surface area (Å²) >= 11 is 5.93. The molecule has 0 aliphatic carbocycles. The van der Waals surface area contributed by atoms with Crippen LogP contribution in [0.5, 0.6) is 0 Å². The number of hydrogen-bond donors (Lipinski definition) is 0. The first-order chi connectivity index (χ1) is 8.52. The first-order valence-electron chi connectivity index (χ1n) is 6.23. The van der Waals surface area contributed by atoms with Gasteiger partial charge in [-0.1, -0.05) is 20.8 Å². The van der Waals surface area contributed by atoms with Gasteiger partial charge in [-0.2, -0.15) is 0 Å². The number of hydrogen-bond acceptors (Lipinski definition) is 1. The van der Waals surface area contributed by atoms with Crippen LogP contribution in [-0.2, 0) is 12.4 Å². The lowest BCUT2D eigenvalue weighted by Gasteiger charge is -2.18. The van der Waals surface area contributed by atoms with Gasteiger partial charge in [-0.3, -0.25) is 0 Å². The molecule has 1 atom stereocenters. The maximum atomic E-state index is 13.4. The van der Waals surface area contributed by atoms with E-state index in [0.29, 0.717) is 17.7 Å². The third-order valence-corrected chi connectivity index (χ3v) is 3.76. The van der Waals surface area contributed by atoms with Crippen molar-refractivity contribution in [1.29, 1.82) is 0 Å². The van der Waals surface area contributed by atoms with Crippen LogP contribution in [0.25, 0.3) is 11.0 Å². The first kappa shape index (κ1) is 13.3. The molecule has 0 aliphatic rings. The molecule has 0 amide bonds. The van der Waals surface area contributed by atoms with Gasteiger partial charge in [0.1, 0.15) is 11.6 Å². The third kappa shape index (κ3) is 2.51. The molecule has 98 valence electrons. The minimum Gasteiger partial charge on any atom is -0.327 e. The smallest absolute Gasteiger partial charge is 0.125 e. The molecule has 0 bridgehead atoms. The predicted octanol–water partition coefficient (Wildman–Crippen LogP) is 4.21. The number of halogens is 2. The number of rotatable bonds is 4. The molecular formula is C14H18ClFN2. The normalized spacial score (nSPS) is 13.4. The van der Waals surface area contributed by atoms with Crippen LogP contribution in [-0.4, -0.2) is 9.55 Å². The maximum absolute atomic E-state index is 13.4. The molecule has 0 aliphatic heterocycles. The fourth-order valence-corrected chi connectivity index (χ4v) is 2.15. The minimum absolute atomic E-state index is 0.234. The molecule has 2 aromatic rings. The molecule has 0 saturated heterocycles. The molecule has 0 N–H and O–H groups in total. The van der Waals surface area contributed by atoms with Crippen LogP contribution in [0.4, 0.5) is 4.39 Å². The quantitative estimate of drug-likeness (QED) is 0.760. The van der Waals surface area contributed by atoms with E-state index >= 15 is 0 Å². The van der Waals surface area contributed by atoms with E-state index in [1.807, 2.05) is 4.57 Å². The molecule has 0 fully saturated rings. The van der Waals surface area contributed by atoms with E-state index in [2.05, 4.69) is 25.8 Å². The molecule has 2 rings (SSSR count).